The highest BCUT2D eigenvalue weighted by Crippen LogP contribution is 2.27. The van der Waals surface area contributed by atoms with Crippen LogP contribution in [0.4, 0.5) is 0 Å². The number of rotatable bonds is 2. The second-order valence-electron chi connectivity index (χ2n) is 5.06. The molecule has 0 radical (unpaired) electrons. The van der Waals surface area contributed by atoms with Crippen molar-refractivity contribution < 1.29 is 4.79 Å². The summed E-state index contributed by atoms with van der Waals surface area (Å²) in [5.74, 6) is 0.156. The Labute approximate surface area is 113 Å². The molecule has 3 rings (SSSR count). The number of Topliss-reactive ketones (excluding diaryl/α,β-unsaturated/α-hetero) is 1. The van der Waals surface area contributed by atoms with E-state index in [1.54, 1.807) is 0 Å². The van der Waals surface area contributed by atoms with E-state index in [-0.39, 0.29) is 11.7 Å². The second-order valence-corrected chi connectivity index (χ2v) is 5.06. The third kappa shape index (κ3) is 2.20. The van der Waals surface area contributed by atoms with Gasteiger partial charge in [0.1, 0.15) is 0 Å². The van der Waals surface area contributed by atoms with Gasteiger partial charge in [-0.2, -0.15) is 0 Å². The highest BCUT2D eigenvalue weighted by Gasteiger charge is 2.27. The average molecular weight is 251 g/mol. The molecule has 1 aliphatic rings. The van der Waals surface area contributed by atoms with E-state index in [1.807, 2.05) is 43.3 Å². The van der Waals surface area contributed by atoms with E-state index in [1.165, 1.54) is 11.1 Å². The van der Waals surface area contributed by atoms with Gasteiger partial charge in [-0.1, -0.05) is 48.5 Å². The summed E-state index contributed by atoms with van der Waals surface area (Å²) in [5, 5.41) is 3.34. The number of nitrogens with one attached hydrogen (secondary N) is 1. The number of ketones is 1. The highest BCUT2D eigenvalue weighted by atomic mass is 16.1. The first-order valence-electron chi connectivity index (χ1n) is 6.66. The zero-order chi connectivity index (χ0) is 13.2. The van der Waals surface area contributed by atoms with E-state index in [4.69, 9.17) is 0 Å². The van der Waals surface area contributed by atoms with Crippen molar-refractivity contribution in [3.8, 4) is 0 Å². The Balaban J connectivity index is 2.00. The fourth-order valence-corrected chi connectivity index (χ4v) is 2.77. The molecule has 1 aliphatic heterocycles. The van der Waals surface area contributed by atoms with E-state index in [0.717, 1.165) is 24.2 Å². The number of carbonyl (C=O) groups is 1. The average Bonchev–Trinajstić information content (AvgIpc) is 2.46. The molecule has 0 spiro atoms. The van der Waals surface area contributed by atoms with Gasteiger partial charge in [-0.15, -0.1) is 0 Å². The normalized spacial score (nSPS) is 17.8. The maximum atomic E-state index is 12.7. The van der Waals surface area contributed by atoms with Crippen LogP contribution in [-0.2, 0) is 6.54 Å². The molecule has 0 saturated heterocycles. The first-order chi connectivity index (χ1) is 9.27. The fourth-order valence-electron chi connectivity index (χ4n) is 2.77. The summed E-state index contributed by atoms with van der Waals surface area (Å²) in [6.07, 6.45) is 0. The molecule has 0 saturated carbocycles. The molecule has 2 heteroatoms. The predicted molar refractivity (Wildman–Crippen MR) is 76.4 cm³/mol. The molecular formula is C17H17NO. The van der Waals surface area contributed by atoms with E-state index in [0.29, 0.717) is 0 Å². The van der Waals surface area contributed by atoms with Gasteiger partial charge in [0.05, 0.1) is 5.92 Å². The SMILES string of the molecule is Cc1ccccc1C(=O)C1CNCc2ccccc21. The standard InChI is InChI=1S/C17H17NO/c1-12-6-2-4-8-14(12)17(19)16-11-18-10-13-7-3-5-9-15(13)16/h2-9,16,18H,10-11H2,1H3. The first kappa shape index (κ1) is 12.1. The molecule has 1 unspecified atom stereocenters. The second kappa shape index (κ2) is 4.98. The molecule has 1 atom stereocenters. The van der Waals surface area contributed by atoms with Gasteiger partial charge in [0, 0.05) is 18.7 Å². The summed E-state index contributed by atoms with van der Waals surface area (Å²) in [7, 11) is 0. The Morgan fingerprint density at radius 3 is 2.68 bits per heavy atom. The Bertz CT molecular complexity index is 618. The van der Waals surface area contributed by atoms with Gasteiger partial charge >= 0.3 is 0 Å². The lowest BCUT2D eigenvalue weighted by molar-refractivity contribution is 0.0954. The maximum absolute atomic E-state index is 12.7. The van der Waals surface area contributed by atoms with Crippen molar-refractivity contribution in [3.05, 3.63) is 70.8 Å². The Kier molecular flexibility index (Phi) is 3.18. The quantitative estimate of drug-likeness (QED) is 0.831. The van der Waals surface area contributed by atoms with Gasteiger partial charge in [0.2, 0.25) is 0 Å². The molecule has 0 aromatic heterocycles. The van der Waals surface area contributed by atoms with Crippen LogP contribution in [0.5, 0.6) is 0 Å². The van der Waals surface area contributed by atoms with Crippen LogP contribution in [0.1, 0.15) is 33.0 Å². The lowest BCUT2D eigenvalue weighted by Crippen LogP contribution is -2.32. The minimum atomic E-state index is -0.0638. The zero-order valence-corrected chi connectivity index (χ0v) is 11.0. The van der Waals surface area contributed by atoms with Crippen molar-refractivity contribution in [1.29, 1.82) is 0 Å². The largest absolute Gasteiger partial charge is 0.312 e. The summed E-state index contributed by atoms with van der Waals surface area (Å²) in [6.45, 7) is 3.58. The third-order valence-electron chi connectivity index (χ3n) is 3.82. The van der Waals surface area contributed by atoms with Crippen LogP contribution in [0.25, 0.3) is 0 Å². The van der Waals surface area contributed by atoms with E-state index < -0.39 is 0 Å². The summed E-state index contributed by atoms with van der Waals surface area (Å²) >= 11 is 0. The summed E-state index contributed by atoms with van der Waals surface area (Å²) in [5.41, 5.74) is 4.30. The summed E-state index contributed by atoms with van der Waals surface area (Å²) in [4.78, 5) is 12.7. The minimum absolute atomic E-state index is 0.0638. The van der Waals surface area contributed by atoms with Gasteiger partial charge in [0.25, 0.3) is 0 Å². The van der Waals surface area contributed by atoms with Crippen LogP contribution in [0.15, 0.2) is 48.5 Å². The van der Waals surface area contributed by atoms with Crippen molar-refractivity contribution in [2.75, 3.05) is 6.54 Å². The number of aryl methyl sites for hydroxylation is 1. The van der Waals surface area contributed by atoms with Crippen LogP contribution in [0, 0.1) is 6.92 Å². The van der Waals surface area contributed by atoms with Gasteiger partial charge in [-0.3, -0.25) is 4.79 Å². The Morgan fingerprint density at radius 1 is 1.11 bits per heavy atom. The summed E-state index contributed by atoms with van der Waals surface area (Å²) in [6, 6.07) is 16.0. The molecule has 96 valence electrons. The molecule has 0 aliphatic carbocycles. The molecule has 0 amide bonds. The van der Waals surface area contributed by atoms with E-state index in [2.05, 4.69) is 17.4 Å². The summed E-state index contributed by atoms with van der Waals surface area (Å²) < 4.78 is 0. The number of fused-ring (bicyclic) bond motifs is 1. The van der Waals surface area contributed by atoms with Crippen LogP contribution in [0.3, 0.4) is 0 Å². The van der Waals surface area contributed by atoms with Crippen molar-refractivity contribution in [2.45, 2.75) is 19.4 Å². The Morgan fingerprint density at radius 2 is 1.84 bits per heavy atom. The van der Waals surface area contributed by atoms with Crippen LogP contribution < -0.4 is 5.32 Å². The van der Waals surface area contributed by atoms with E-state index in [9.17, 15) is 4.79 Å². The molecule has 2 aromatic rings. The number of carbonyl (C=O) groups excluding carboxylic acids is 1. The molecule has 1 heterocycles. The lowest BCUT2D eigenvalue weighted by Gasteiger charge is -2.25. The van der Waals surface area contributed by atoms with Gasteiger partial charge in [0.15, 0.2) is 5.78 Å². The molecule has 2 aromatic carbocycles. The number of hydrogen-bond donors (Lipinski definition) is 1. The number of hydrogen-bond acceptors (Lipinski definition) is 2. The van der Waals surface area contributed by atoms with Gasteiger partial charge < -0.3 is 5.32 Å². The van der Waals surface area contributed by atoms with Crippen LogP contribution in [0.2, 0.25) is 0 Å². The molecular weight excluding hydrogens is 234 g/mol. The van der Waals surface area contributed by atoms with E-state index >= 15 is 0 Å². The zero-order valence-electron chi connectivity index (χ0n) is 11.0. The lowest BCUT2D eigenvalue weighted by atomic mass is 9.84. The molecule has 19 heavy (non-hydrogen) atoms. The number of benzene rings is 2. The van der Waals surface area contributed by atoms with Gasteiger partial charge in [-0.05, 0) is 23.6 Å². The van der Waals surface area contributed by atoms with Crippen molar-refractivity contribution in [1.82, 2.24) is 5.32 Å². The van der Waals surface area contributed by atoms with Crippen molar-refractivity contribution >= 4 is 5.78 Å². The first-order valence-corrected chi connectivity index (χ1v) is 6.66. The van der Waals surface area contributed by atoms with Gasteiger partial charge in [-0.25, -0.2) is 0 Å². The van der Waals surface area contributed by atoms with Crippen LogP contribution >= 0.6 is 0 Å². The van der Waals surface area contributed by atoms with Crippen LogP contribution in [-0.4, -0.2) is 12.3 Å². The third-order valence-corrected chi connectivity index (χ3v) is 3.82. The minimum Gasteiger partial charge on any atom is -0.312 e. The predicted octanol–water partition coefficient (Wildman–Crippen LogP) is 3.06. The molecule has 1 N–H and O–H groups in total. The molecule has 2 nitrogen and oxygen atoms in total. The molecule has 0 fully saturated rings. The van der Waals surface area contributed by atoms with Crippen molar-refractivity contribution in [2.24, 2.45) is 0 Å². The van der Waals surface area contributed by atoms with Crippen molar-refractivity contribution in [3.63, 3.8) is 0 Å². The highest BCUT2D eigenvalue weighted by molar-refractivity contribution is 6.02. The fraction of sp³-hybridized carbons (Fsp3) is 0.235. The Hall–Kier alpha value is -1.93. The monoisotopic (exact) mass is 251 g/mol. The maximum Gasteiger partial charge on any atom is 0.171 e. The smallest absolute Gasteiger partial charge is 0.171 e. The molecule has 0 bridgehead atoms. The topological polar surface area (TPSA) is 29.1 Å².